The molecule has 1 aromatic carbocycles. The van der Waals surface area contributed by atoms with Gasteiger partial charge >= 0.3 is 6.09 Å². The lowest BCUT2D eigenvalue weighted by Gasteiger charge is -2.52. The van der Waals surface area contributed by atoms with Gasteiger partial charge in [-0.25, -0.2) is 4.79 Å². The highest BCUT2D eigenvalue weighted by molar-refractivity contribution is 5.67. The van der Waals surface area contributed by atoms with Crippen LogP contribution in [-0.2, 0) is 11.3 Å². The van der Waals surface area contributed by atoms with E-state index in [1.54, 1.807) is 0 Å². The van der Waals surface area contributed by atoms with E-state index in [1.165, 1.54) is 37.1 Å². The highest BCUT2D eigenvalue weighted by Crippen LogP contribution is 2.49. The Morgan fingerprint density at radius 3 is 2.60 bits per heavy atom. The third-order valence-electron chi connectivity index (χ3n) is 5.80. The Labute approximate surface area is 151 Å². The second-order valence-corrected chi connectivity index (χ2v) is 8.44. The van der Waals surface area contributed by atoms with Gasteiger partial charge in [0.1, 0.15) is 0 Å². The summed E-state index contributed by atoms with van der Waals surface area (Å²) in [4.78, 5) is 14.3. The summed E-state index contributed by atoms with van der Waals surface area (Å²) < 4.78 is 5.22. The topological polar surface area (TPSA) is 41.6 Å². The van der Waals surface area contributed by atoms with E-state index in [-0.39, 0.29) is 6.09 Å². The number of nitrogens with zero attached hydrogens (tertiary/aromatic N) is 1. The molecule has 0 unspecified atom stereocenters. The fourth-order valence-corrected chi connectivity index (χ4v) is 4.16. The summed E-state index contributed by atoms with van der Waals surface area (Å²) in [5.41, 5.74) is 3.29. The van der Waals surface area contributed by atoms with Crippen LogP contribution in [0.1, 0.15) is 50.7 Å². The van der Waals surface area contributed by atoms with Gasteiger partial charge in [0.25, 0.3) is 0 Å². The van der Waals surface area contributed by atoms with Crippen LogP contribution in [0.15, 0.2) is 24.3 Å². The van der Waals surface area contributed by atoms with Crippen molar-refractivity contribution >= 4 is 6.09 Å². The Hall–Kier alpha value is -1.55. The van der Waals surface area contributed by atoms with Crippen LogP contribution in [0.25, 0.3) is 0 Å². The zero-order valence-corrected chi connectivity index (χ0v) is 15.9. The lowest BCUT2D eigenvalue weighted by Crippen LogP contribution is -2.54. The number of rotatable bonds is 5. The molecule has 1 amide bonds. The van der Waals surface area contributed by atoms with Crippen molar-refractivity contribution in [3.8, 4) is 0 Å². The van der Waals surface area contributed by atoms with E-state index in [2.05, 4.69) is 55.3 Å². The zero-order valence-electron chi connectivity index (χ0n) is 15.9. The van der Waals surface area contributed by atoms with Gasteiger partial charge in [-0.3, -0.25) is 4.90 Å². The molecule has 4 heteroatoms. The van der Waals surface area contributed by atoms with Crippen molar-refractivity contribution in [1.82, 2.24) is 10.2 Å². The van der Waals surface area contributed by atoms with Crippen molar-refractivity contribution in [3.63, 3.8) is 0 Å². The molecule has 1 N–H and O–H groups in total. The molecule has 1 aliphatic carbocycles. The molecule has 1 spiro atoms. The number of piperidine rings is 1. The van der Waals surface area contributed by atoms with Crippen LogP contribution in [0, 0.1) is 18.3 Å². The molecule has 1 saturated heterocycles. The Morgan fingerprint density at radius 2 is 1.96 bits per heavy atom. The van der Waals surface area contributed by atoms with Crippen molar-refractivity contribution in [3.05, 3.63) is 35.4 Å². The summed E-state index contributed by atoms with van der Waals surface area (Å²) >= 11 is 0. The molecule has 1 saturated carbocycles. The largest absolute Gasteiger partial charge is 0.449 e. The first-order valence-electron chi connectivity index (χ1n) is 9.66. The van der Waals surface area contributed by atoms with E-state index >= 15 is 0 Å². The van der Waals surface area contributed by atoms with E-state index in [1.807, 2.05) is 0 Å². The van der Waals surface area contributed by atoms with Crippen LogP contribution >= 0.6 is 0 Å². The maximum absolute atomic E-state index is 11.8. The molecule has 1 heterocycles. The molecule has 0 atom stereocenters. The number of hydrogen-bond donors (Lipinski definition) is 1. The maximum Gasteiger partial charge on any atom is 0.407 e. The number of alkyl carbamates (subject to hydrolysis) is 1. The first-order chi connectivity index (χ1) is 12.0. The summed E-state index contributed by atoms with van der Waals surface area (Å²) in [6.07, 6.45) is 4.48. The number of aryl methyl sites for hydroxylation is 1. The van der Waals surface area contributed by atoms with Crippen LogP contribution in [-0.4, -0.2) is 36.7 Å². The third-order valence-corrected chi connectivity index (χ3v) is 5.80. The molecular formula is C21H32N2O2. The van der Waals surface area contributed by atoms with E-state index in [4.69, 9.17) is 4.74 Å². The minimum atomic E-state index is -0.245. The van der Waals surface area contributed by atoms with Crippen LogP contribution in [0.3, 0.4) is 0 Å². The fraction of sp³-hybridized carbons (Fsp3) is 0.667. The van der Waals surface area contributed by atoms with Crippen molar-refractivity contribution in [2.24, 2.45) is 11.3 Å². The van der Waals surface area contributed by atoms with Crippen LogP contribution in [0.4, 0.5) is 4.79 Å². The molecule has 138 valence electrons. The molecule has 1 aliphatic heterocycles. The number of carbonyl (C=O) groups excluding carboxylic acids is 1. The maximum atomic E-state index is 11.8. The number of hydrogen-bond acceptors (Lipinski definition) is 3. The lowest BCUT2D eigenvalue weighted by atomic mass is 9.60. The molecule has 0 radical (unpaired) electrons. The molecule has 0 bridgehead atoms. The van der Waals surface area contributed by atoms with Crippen molar-refractivity contribution < 1.29 is 9.53 Å². The second kappa shape index (κ2) is 7.77. The van der Waals surface area contributed by atoms with E-state index in [0.717, 1.165) is 19.4 Å². The van der Waals surface area contributed by atoms with E-state index in [0.29, 0.717) is 24.0 Å². The van der Waals surface area contributed by atoms with Gasteiger partial charge in [-0.05, 0) is 68.2 Å². The lowest BCUT2D eigenvalue weighted by molar-refractivity contribution is 0.00286. The van der Waals surface area contributed by atoms with Crippen LogP contribution in [0.5, 0.6) is 0 Å². The number of likely N-dealkylation sites (tertiary alicyclic amines) is 1. The molecular weight excluding hydrogens is 312 g/mol. The number of nitrogens with one attached hydrogen (secondary N) is 1. The van der Waals surface area contributed by atoms with Gasteiger partial charge in [0.2, 0.25) is 0 Å². The average molecular weight is 344 g/mol. The second-order valence-electron chi connectivity index (χ2n) is 8.44. The third kappa shape index (κ3) is 4.75. The highest BCUT2D eigenvalue weighted by atomic mass is 16.5. The number of amides is 1. The van der Waals surface area contributed by atoms with E-state index in [9.17, 15) is 4.79 Å². The van der Waals surface area contributed by atoms with Gasteiger partial charge in [0.05, 0.1) is 6.61 Å². The number of ether oxygens (including phenoxy) is 1. The molecule has 0 aromatic heterocycles. The minimum Gasteiger partial charge on any atom is -0.449 e. The normalized spacial score (nSPS) is 20.5. The smallest absolute Gasteiger partial charge is 0.407 e. The van der Waals surface area contributed by atoms with E-state index < -0.39 is 0 Å². The summed E-state index contributed by atoms with van der Waals surface area (Å²) in [5.74, 6) is 0.385. The predicted molar refractivity (Wildman–Crippen MR) is 100 cm³/mol. The first-order valence-corrected chi connectivity index (χ1v) is 9.66. The van der Waals surface area contributed by atoms with Crippen molar-refractivity contribution in [2.75, 3.05) is 19.7 Å². The minimum absolute atomic E-state index is 0.245. The Kier molecular flexibility index (Phi) is 5.67. The summed E-state index contributed by atoms with van der Waals surface area (Å²) in [6, 6.07) is 8.99. The fourth-order valence-electron chi connectivity index (χ4n) is 4.16. The SMILES string of the molecule is Cc1ccccc1CN1CCC2(CC1)CC(NC(=O)OCC(C)C)C2. The molecule has 25 heavy (non-hydrogen) atoms. The van der Waals surface area contributed by atoms with Crippen LogP contribution < -0.4 is 5.32 Å². The molecule has 2 fully saturated rings. The Bertz CT molecular complexity index is 583. The zero-order chi connectivity index (χ0) is 17.9. The van der Waals surface area contributed by atoms with Gasteiger partial charge in [-0.2, -0.15) is 0 Å². The summed E-state index contributed by atoms with van der Waals surface area (Å²) in [5, 5.41) is 3.03. The predicted octanol–water partition coefficient (Wildman–Crippen LogP) is 4.12. The quantitative estimate of drug-likeness (QED) is 0.873. The summed E-state index contributed by atoms with van der Waals surface area (Å²) in [6.45, 7) is 10.2. The Morgan fingerprint density at radius 1 is 1.28 bits per heavy atom. The summed E-state index contributed by atoms with van der Waals surface area (Å²) in [7, 11) is 0. The number of carbonyl (C=O) groups is 1. The van der Waals surface area contributed by atoms with Gasteiger partial charge < -0.3 is 10.1 Å². The highest BCUT2D eigenvalue weighted by Gasteiger charge is 2.46. The van der Waals surface area contributed by atoms with Gasteiger partial charge in [-0.1, -0.05) is 38.1 Å². The first kappa shape index (κ1) is 18.2. The van der Waals surface area contributed by atoms with Crippen molar-refractivity contribution in [1.29, 1.82) is 0 Å². The number of benzene rings is 1. The van der Waals surface area contributed by atoms with Gasteiger partial charge in [-0.15, -0.1) is 0 Å². The monoisotopic (exact) mass is 344 g/mol. The molecule has 1 aromatic rings. The van der Waals surface area contributed by atoms with Gasteiger partial charge in [0.15, 0.2) is 0 Å². The van der Waals surface area contributed by atoms with Crippen LogP contribution in [0.2, 0.25) is 0 Å². The van der Waals surface area contributed by atoms with Gasteiger partial charge in [0, 0.05) is 12.6 Å². The standard InChI is InChI=1S/C21H32N2O2/c1-16(2)15-25-20(24)22-19-12-21(13-19)8-10-23(11-9-21)14-18-7-5-4-6-17(18)3/h4-7,16,19H,8-15H2,1-3H3,(H,22,24). The average Bonchev–Trinajstić information content (AvgIpc) is 2.55. The molecule has 3 rings (SSSR count). The molecule has 2 aliphatic rings. The Balaban J connectivity index is 1.39. The van der Waals surface area contributed by atoms with Crippen molar-refractivity contribution in [2.45, 2.75) is 59.0 Å². The molecule has 4 nitrogen and oxygen atoms in total.